The summed E-state index contributed by atoms with van der Waals surface area (Å²) in [4.78, 5) is 14.4. The van der Waals surface area contributed by atoms with E-state index < -0.39 is 4.92 Å². The van der Waals surface area contributed by atoms with Gasteiger partial charge >= 0.3 is 0 Å². The smallest absolute Gasteiger partial charge is 0.275 e. The Morgan fingerprint density at radius 2 is 2.17 bits per heavy atom. The van der Waals surface area contributed by atoms with E-state index in [9.17, 15) is 15.2 Å². The van der Waals surface area contributed by atoms with Gasteiger partial charge in [-0.05, 0) is 26.0 Å². The molecule has 0 saturated carbocycles. The van der Waals surface area contributed by atoms with Gasteiger partial charge in [0.25, 0.3) is 5.69 Å². The number of aliphatic hydroxyl groups excluding tert-OH is 1. The van der Waals surface area contributed by atoms with Crippen molar-refractivity contribution in [3.63, 3.8) is 0 Å². The Morgan fingerprint density at radius 3 is 2.67 bits per heavy atom. The van der Waals surface area contributed by atoms with E-state index in [1.807, 2.05) is 18.4 Å². The van der Waals surface area contributed by atoms with Crippen LogP contribution in [0.4, 0.5) is 5.69 Å². The van der Waals surface area contributed by atoms with E-state index >= 15 is 0 Å². The molecule has 6 heteroatoms. The largest absolute Gasteiger partial charge is 0.391 e. The minimum Gasteiger partial charge on any atom is -0.391 e. The van der Waals surface area contributed by atoms with Crippen LogP contribution >= 0.6 is 0 Å². The van der Waals surface area contributed by atoms with Crippen LogP contribution in [-0.2, 0) is 6.61 Å². The van der Waals surface area contributed by atoms with E-state index in [4.69, 9.17) is 0 Å². The summed E-state index contributed by atoms with van der Waals surface area (Å²) in [6.07, 6.45) is 1.66. The highest BCUT2D eigenvalue weighted by molar-refractivity contribution is 5.48. The molecule has 0 aliphatic heterocycles. The molecule has 0 amide bonds. The molecule has 0 unspecified atom stereocenters. The number of aromatic nitrogens is 2. The number of hydrogen-bond acceptors (Lipinski definition) is 4. The number of rotatable bonds is 3. The van der Waals surface area contributed by atoms with E-state index in [2.05, 4.69) is 4.98 Å². The molecule has 1 heterocycles. The van der Waals surface area contributed by atoms with E-state index in [1.165, 1.54) is 6.07 Å². The topological polar surface area (TPSA) is 81.2 Å². The standard InChI is InChI=1S/C12H13N3O3/c1-8-9(2)14(7-13-8)11-3-4-12(15(17)18)10(5-11)6-16/h3-5,7,16H,6H2,1-2H3. The van der Waals surface area contributed by atoms with Crippen molar-refractivity contribution in [1.82, 2.24) is 9.55 Å². The Labute approximate surface area is 104 Å². The minimum atomic E-state index is -0.499. The van der Waals surface area contributed by atoms with E-state index in [0.29, 0.717) is 5.56 Å². The van der Waals surface area contributed by atoms with E-state index in [-0.39, 0.29) is 12.3 Å². The molecule has 0 aliphatic rings. The summed E-state index contributed by atoms with van der Waals surface area (Å²) >= 11 is 0. The van der Waals surface area contributed by atoms with Crippen molar-refractivity contribution >= 4 is 5.69 Å². The first-order valence-electron chi connectivity index (χ1n) is 5.43. The normalized spacial score (nSPS) is 10.6. The van der Waals surface area contributed by atoms with Crippen molar-refractivity contribution < 1.29 is 10.0 Å². The second kappa shape index (κ2) is 4.58. The molecular formula is C12H13N3O3. The summed E-state index contributed by atoms with van der Waals surface area (Å²) in [6.45, 7) is 3.45. The Balaban J connectivity index is 2.54. The van der Waals surface area contributed by atoms with Crippen LogP contribution in [-0.4, -0.2) is 19.6 Å². The lowest BCUT2D eigenvalue weighted by atomic mass is 10.1. The molecule has 1 aromatic carbocycles. The van der Waals surface area contributed by atoms with Crippen molar-refractivity contribution in [3.05, 3.63) is 51.6 Å². The third kappa shape index (κ3) is 1.98. The summed E-state index contributed by atoms with van der Waals surface area (Å²) in [7, 11) is 0. The summed E-state index contributed by atoms with van der Waals surface area (Å²) < 4.78 is 1.83. The molecule has 1 N–H and O–H groups in total. The van der Waals surface area contributed by atoms with Crippen molar-refractivity contribution in [2.24, 2.45) is 0 Å². The zero-order valence-electron chi connectivity index (χ0n) is 10.1. The molecule has 2 aromatic rings. The quantitative estimate of drug-likeness (QED) is 0.663. The Kier molecular flexibility index (Phi) is 3.12. The average molecular weight is 247 g/mol. The van der Waals surface area contributed by atoms with E-state index in [1.54, 1.807) is 18.5 Å². The lowest BCUT2D eigenvalue weighted by Gasteiger charge is -2.07. The molecule has 0 fully saturated rings. The molecule has 94 valence electrons. The number of hydrogen-bond donors (Lipinski definition) is 1. The lowest BCUT2D eigenvalue weighted by molar-refractivity contribution is -0.385. The maximum Gasteiger partial charge on any atom is 0.275 e. The van der Waals surface area contributed by atoms with Crippen LogP contribution in [0.15, 0.2) is 24.5 Å². The van der Waals surface area contributed by atoms with Crippen LogP contribution in [0.1, 0.15) is 17.0 Å². The van der Waals surface area contributed by atoms with Gasteiger partial charge in [-0.2, -0.15) is 0 Å². The van der Waals surface area contributed by atoms with Crippen LogP contribution < -0.4 is 0 Å². The fourth-order valence-electron chi connectivity index (χ4n) is 1.79. The van der Waals surface area contributed by atoms with Crippen molar-refractivity contribution in [2.75, 3.05) is 0 Å². The average Bonchev–Trinajstić information content (AvgIpc) is 2.69. The summed E-state index contributed by atoms with van der Waals surface area (Å²) in [5.41, 5.74) is 2.84. The number of nitrogens with zero attached hydrogens (tertiary/aromatic N) is 3. The molecule has 0 saturated heterocycles. The van der Waals surface area contributed by atoms with E-state index in [0.717, 1.165) is 17.1 Å². The maximum atomic E-state index is 10.8. The molecule has 0 radical (unpaired) electrons. The fourth-order valence-corrected chi connectivity index (χ4v) is 1.79. The highest BCUT2D eigenvalue weighted by atomic mass is 16.6. The Bertz CT molecular complexity index is 605. The second-order valence-electron chi connectivity index (χ2n) is 4.01. The van der Waals surface area contributed by atoms with Gasteiger partial charge in [-0.25, -0.2) is 4.98 Å². The van der Waals surface area contributed by atoms with Crippen LogP contribution in [0, 0.1) is 24.0 Å². The van der Waals surface area contributed by atoms with Gasteiger partial charge in [0, 0.05) is 17.4 Å². The van der Waals surface area contributed by atoms with Gasteiger partial charge in [0.05, 0.1) is 29.1 Å². The number of aliphatic hydroxyl groups is 1. The molecule has 1 aromatic heterocycles. The van der Waals surface area contributed by atoms with Gasteiger partial charge in [0.2, 0.25) is 0 Å². The molecule has 6 nitrogen and oxygen atoms in total. The van der Waals surface area contributed by atoms with Crippen LogP contribution in [0.3, 0.4) is 0 Å². The number of nitro groups is 1. The molecule has 2 rings (SSSR count). The Hall–Kier alpha value is -2.21. The molecular weight excluding hydrogens is 234 g/mol. The first kappa shape index (κ1) is 12.3. The monoisotopic (exact) mass is 247 g/mol. The highest BCUT2D eigenvalue weighted by Crippen LogP contribution is 2.23. The molecule has 0 aliphatic carbocycles. The second-order valence-corrected chi connectivity index (χ2v) is 4.01. The molecule has 0 spiro atoms. The van der Waals surface area contributed by atoms with Crippen molar-refractivity contribution in [2.45, 2.75) is 20.5 Å². The third-order valence-corrected chi connectivity index (χ3v) is 2.96. The number of nitro benzene ring substituents is 1. The molecule has 0 bridgehead atoms. The minimum absolute atomic E-state index is 0.0734. The Morgan fingerprint density at radius 1 is 1.44 bits per heavy atom. The fraction of sp³-hybridized carbons (Fsp3) is 0.250. The van der Waals surface area contributed by atoms with Gasteiger partial charge in [0.15, 0.2) is 0 Å². The molecule has 0 atom stereocenters. The first-order valence-corrected chi connectivity index (χ1v) is 5.43. The van der Waals surface area contributed by atoms with Gasteiger partial charge in [-0.1, -0.05) is 0 Å². The zero-order valence-corrected chi connectivity index (χ0v) is 10.1. The summed E-state index contributed by atoms with van der Waals surface area (Å²) in [5, 5.41) is 20.0. The number of imidazole rings is 1. The number of aryl methyl sites for hydroxylation is 1. The third-order valence-electron chi connectivity index (χ3n) is 2.96. The van der Waals surface area contributed by atoms with Gasteiger partial charge < -0.3 is 9.67 Å². The predicted octanol–water partition coefficient (Wildman–Crippen LogP) is 1.89. The maximum absolute atomic E-state index is 10.8. The van der Waals surface area contributed by atoms with Gasteiger partial charge in [-0.3, -0.25) is 10.1 Å². The summed E-state index contributed by atoms with van der Waals surface area (Å²) in [5.74, 6) is 0. The van der Waals surface area contributed by atoms with Crippen molar-refractivity contribution in [3.8, 4) is 5.69 Å². The number of benzene rings is 1. The van der Waals surface area contributed by atoms with Gasteiger partial charge in [0.1, 0.15) is 0 Å². The van der Waals surface area contributed by atoms with Crippen LogP contribution in [0.25, 0.3) is 5.69 Å². The first-order chi connectivity index (χ1) is 8.54. The lowest BCUT2D eigenvalue weighted by Crippen LogP contribution is -2.00. The summed E-state index contributed by atoms with van der Waals surface area (Å²) in [6, 6.07) is 4.65. The van der Waals surface area contributed by atoms with Crippen LogP contribution in [0.2, 0.25) is 0 Å². The van der Waals surface area contributed by atoms with Crippen molar-refractivity contribution in [1.29, 1.82) is 0 Å². The SMILES string of the molecule is Cc1ncn(-c2ccc([N+](=O)[O-])c(CO)c2)c1C. The van der Waals surface area contributed by atoms with Gasteiger partial charge in [-0.15, -0.1) is 0 Å². The predicted molar refractivity (Wildman–Crippen MR) is 65.6 cm³/mol. The molecule has 18 heavy (non-hydrogen) atoms. The zero-order chi connectivity index (χ0) is 13.3. The van der Waals surface area contributed by atoms with Crippen LogP contribution in [0.5, 0.6) is 0 Å². The highest BCUT2D eigenvalue weighted by Gasteiger charge is 2.14.